The zero-order valence-corrected chi connectivity index (χ0v) is 9.50. The van der Waals surface area contributed by atoms with E-state index in [1.807, 2.05) is 21.9 Å². The van der Waals surface area contributed by atoms with Crippen LogP contribution in [0.1, 0.15) is 18.5 Å². The lowest BCUT2D eigenvalue weighted by atomic mass is 10.1. The fourth-order valence-corrected chi connectivity index (χ4v) is 1.90. The standard InChI is InChI=1S/C11H17N5/c1-3-5-16-10(7-13-11(16)12)9-6-14-15(4-2)8-9/h3,6,8,10H,1,4-5,7H2,2H3,(H2,12,13). The number of nitrogens with two attached hydrogens (primary N) is 1. The van der Waals surface area contributed by atoms with Gasteiger partial charge in [-0.2, -0.15) is 5.10 Å². The van der Waals surface area contributed by atoms with E-state index in [1.165, 1.54) is 0 Å². The third kappa shape index (κ3) is 1.80. The molecule has 0 saturated carbocycles. The SMILES string of the molecule is C=CCN1C(N)=NCC1c1cnn(CC)c1. The van der Waals surface area contributed by atoms with Crippen molar-refractivity contribution in [2.45, 2.75) is 19.5 Å². The first-order valence-electron chi connectivity index (χ1n) is 5.46. The predicted octanol–water partition coefficient (Wildman–Crippen LogP) is 0.760. The van der Waals surface area contributed by atoms with E-state index in [0.29, 0.717) is 12.5 Å². The van der Waals surface area contributed by atoms with E-state index in [1.54, 1.807) is 0 Å². The molecule has 16 heavy (non-hydrogen) atoms. The van der Waals surface area contributed by atoms with Gasteiger partial charge in [-0.25, -0.2) is 0 Å². The summed E-state index contributed by atoms with van der Waals surface area (Å²) in [6.07, 6.45) is 5.78. The fraction of sp³-hybridized carbons (Fsp3) is 0.455. The molecule has 2 N–H and O–H groups in total. The maximum Gasteiger partial charge on any atom is 0.192 e. The minimum absolute atomic E-state index is 0.207. The van der Waals surface area contributed by atoms with E-state index < -0.39 is 0 Å². The van der Waals surface area contributed by atoms with Gasteiger partial charge in [-0.15, -0.1) is 6.58 Å². The monoisotopic (exact) mass is 219 g/mol. The van der Waals surface area contributed by atoms with Crippen LogP contribution in [0.4, 0.5) is 0 Å². The smallest absolute Gasteiger partial charge is 0.192 e. The van der Waals surface area contributed by atoms with Gasteiger partial charge in [0.25, 0.3) is 0 Å². The van der Waals surface area contributed by atoms with Gasteiger partial charge >= 0.3 is 0 Å². The topological polar surface area (TPSA) is 59.4 Å². The van der Waals surface area contributed by atoms with Crippen molar-refractivity contribution < 1.29 is 0 Å². The first kappa shape index (κ1) is 10.7. The summed E-state index contributed by atoms with van der Waals surface area (Å²) in [5.74, 6) is 0.592. The van der Waals surface area contributed by atoms with Gasteiger partial charge < -0.3 is 10.6 Å². The maximum absolute atomic E-state index is 5.83. The van der Waals surface area contributed by atoms with E-state index in [4.69, 9.17) is 5.73 Å². The van der Waals surface area contributed by atoms with Gasteiger partial charge in [0, 0.05) is 24.8 Å². The van der Waals surface area contributed by atoms with Crippen molar-refractivity contribution in [3.63, 3.8) is 0 Å². The van der Waals surface area contributed by atoms with Gasteiger partial charge in [0.1, 0.15) is 0 Å². The van der Waals surface area contributed by atoms with Gasteiger partial charge in [-0.3, -0.25) is 9.67 Å². The lowest BCUT2D eigenvalue weighted by molar-refractivity contribution is 0.380. The molecule has 1 aliphatic rings. The van der Waals surface area contributed by atoms with Gasteiger partial charge in [0.2, 0.25) is 0 Å². The number of rotatable bonds is 4. The van der Waals surface area contributed by atoms with Crippen LogP contribution in [-0.4, -0.2) is 33.7 Å². The highest BCUT2D eigenvalue weighted by atomic mass is 15.3. The number of hydrogen-bond acceptors (Lipinski definition) is 4. The molecule has 1 aliphatic heterocycles. The van der Waals surface area contributed by atoms with Crippen LogP contribution in [0.2, 0.25) is 0 Å². The molecule has 0 aromatic carbocycles. The Hall–Kier alpha value is -1.78. The average Bonchev–Trinajstić information content (AvgIpc) is 2.87. The molecule has 5 heteroatoms. The van der Waals surface area contributed by atoms with E-state index in [-0.39, 0.29) is 6.04 Å². The normalized spacial score (nSPS) is 19.9. The molecule has 0 amide bonds. The third-order valence-corrected chi connectivity index (χ3v) is 2.78. The van der Waals surface area contributed by atoms with Crippen molar-refractivity contribution >= 4 is 5.96 Å². The molecule has 0 radical (unpaired) electrons. The van der Waals surface area contributed by atoms with Gasteiger partial charge in [-0.05, 0) is 6.92 Å². The van der Waals surface area contributed by atoms with Crippen molar-refractivity contribution in [1.82, 2.24) is 14.7 Å². The minimum Gasteiger partial charge on any atom is -0.370 e. The zero-order chi connectivity index (χ0) is 11.5. The number of hydrogen-bond donors (Lipinski definition) is 1. The summed E-state index contributed by atoms with van der Waals surface area (Å²) in [6, 6.07) is 0.207. The molecule has 0 bridgehead atoms. The predicted molar refractivity (Wildman–Crippen MR) is 64.0 cm³/mol. The van der Waals surface area contributed by atoms with Crippen molar-refractivity contribution in [3.05, 3.63) is 30.6 Å². The molecule has 0 fully saturated rings. The number of aryl methyl sites for hydroxylation is 1. The van der Waals surface area contributed by atoms with E-state index >= 15 is 0 Å². The molecule has 0 saturated heterocycles. The molecule has 1 atom stereocenters. The Balaban J connectivity index is 2.18. The molecule has 0 aliphatic carbocycles. The second-order valence-electron chi connectivity index (χ2n) is 3.79. The molecular weight excluding hydrogens is 202 g/mol. The zero-order valence-electron chi connectivity index (χ0n) is 9.50. The van der Waals surface area contributed by atoms with Gasteiger partial charge in [-0.1, -0.05) is 6.08 Å². The van der Waals surface area contributed by atoms with Crippen LogP contribution in [0, 0.1) is 0 Å². The fourth-order valence-electron chi connectivity index (χ4n) is 1.90. The van der Waals surface area contributed by atoms with Gasteiger partial charge in [0.15, 0.2) is 5.96 Å². The Morgan fingerprint density at radius 3 is 3.12 bits per heavy atom. The van der Waals surface area contributed by atoms with Crippen LogP contribution in [0.5, 0.6) is 0 Å². The summed E-state index contributed by atoms with van der Waals surface area (Å²) in [7, 11) is 0. The molecule has 1 unspecified atom stereocenters. The summed E-state index contributed by atoms with van der Waals surface area (Å²) in [4.78, 5) is 6.31. The summed E-state index contributed by atoms with van der Waals surface area (Å²) < 4.78 is 1.91. The first-order chi connectivity index (χ1) is 7.76. The first-order valence-corrected chi connectivity index (χ1v) is 5.46. The Morgan fingerprint density at radius 1 is 1.69 bits per heavy atom. The van der Waals surface area contributed by atoms with Gasteiger partial charge in [0.05, 0.1) is 18.8 Å². The molecule has 1 aromatic rings. The highest BCUT2D eigenvalue weighted by molar-refractivity contribution is 5.80. The lowest BCUT2D eigenvalue weighted by Gasteiger charge is -2.23. The van der Waals surface area contributed by atoms with Crippen LogP contribution in [-0.2, 0) is 6.54 Å². The number of guanidine groups is 1. The number of nitrogens with zero attached hydrogens (tertiary/aromatic N) is 4. The summed E-state index contributed by atoms with van der Waals surface area (Å²) in [5, 5.41) is 4.27. The number of aliphatic imine (C=N–C) groups is 1. The Labute approximate surface area is 95.3 Å². The summed E-state index contributed by atoms with van der Waals surface area (Å²) in [5.41, 5.74) is 6.99. The van der Waals surface area contributed by atoms with Crippen molar-refractivity contribution in [3.8, 4) is 0 Å². The van der Waals surface area contributed by atoms with Crippen molar-refractivity contribution in [1.29, 1.82) is 0 Å². The van der Waals surface area contributed by atoms with Crippen LogP contribution in [0.25, 0.3) is 0 Å². The third-order valence-electron chi connectivity index (χ3n) is 2.78. The molecule has 86 valence electrons. The molecule has 5 nitrogen and oxygen atoms in total. The van der Waals surface area contributed by atoms with Crippen molar-refractivity contribution in [2.24, 2.45) is 10.7 Å². The van der Waals surface area contributed by atoms with E-state index in [0.717, 1.165) is 18.7 Å². The Bertz CT molecular complexity index is 406. The van der Waals surface area contributed by atoms with Crippen LogP contribution < -0.4 is 5.73 Å². The largest absolute Gasteiger partial charge is 0.370 e. The molecule has 0 spiro atoms. The van der Waals surface area contributed by atoms with E-state index in [9.17, 15) is 0 Å². The molecular formula is C11H17N5. The minimum atomic E-state index is 0.207. The second-order valence-corrected chi connectivity index (χ2v) is 3.79. The Kier molecular flexibility index (Phi) is 2.94. The van der Waals surface area contributed by atoms with Crippen LogP contribution in [0.15, 0.2) is 30.0 Å². The average molecular weight is 219 g/mol. The molecule has 2 heterocycles. The Morgan fingerprint density at radius 2 is 2.50 bits per heavy atom. The van der Waals surface area contributed by atoms with Crippen LogP contribution in [0.3, 0.4) is 0 Å². The summed E-state index contributed by atoms with van der Waals surface area (Å²) >= 11 is 0. The maximum atomic E-state index is 5.83. The lowest BCUT2D eigenvalue weighted by Crippen LogP contribution is -2.36. The molecule has 1 aromatic heterocycles. The van der Waals surface area contributed by atoms with Crippen molar-refractivity contribution in [2.75, 3.05) is 13.1 Å². The van der Waals surface area contributed by atoms with Crippen LogP contribution >= 0.6 is 0 Å². The molecule has 2 rings (SSSR count). The highest BCUT2D eigenvalue weighted by Crippen LogP contribution is 2.24. The number of aromatic nitrogens is 2. The second kappa shape index (κ2) is 4.38. The quantitative estimate of drug-likeness (QED) is 0.761. The summed E-state index contributed by atoms with van der Waals surface area (Å²) in [6.45, 7) is 8.10. The highest BCUT2D eigenvalue weighted by Gasteiger charge is 2.27. The van der Waals surface area contributed by atoms with E-state index in [2.05, 4.69) is 29.8 Å².